The summed E-state index contributed by atoms with van der Waals surface area (Å²) in [6.07, 6.45) is 8.15. The Kier molecular flexibility index (Phi) is 4.82. The number of nitrogens with one attached hydrogen (secondary N) is 1. The molecule has 18 heavy (non-hydrogen) atoms. The van der Waals surface area contributed by atoms with Crippen LogP contribution in [0.1, 0.15) is 31.2 Å². The Labute approximate surface area is 108 Å². The Balaban J connectivity index is 1.73. The third-order valence-corrected chi connectivity index (χ3v) is 3.05. The van der Waals surface area contributed by atoms with Crippen LogP contribution in [0.3, 0.4) is 0 Å². The van der Waals surface area contributed by atoms with Crippen molar-refractivity contribution in [2.24, 2.45) is 0 Å². The topological polar surface area (TPSA) is 38.3 Å². The molecule has 0 aliphatic heterocycles. The molecule has 0 bridgehead atoms. The van der Waals surface area contributed by atoms with Crippen LogP contribution >= 0.6 is 0 Å². The first-order chi connectivity index (χ1) is 8.84. The van der Waals surface area contributed by atoms with E-state index in [1.165, 1.54) is 0 Å². The van der Waals surface area contributed by atoms with Gasteiger partial charge in [-0.1, -0.05) is 42.5 Å². The second kappa shape index (κ2) is 6.84. The Morgan fingerprint density at radius 3 is 2.94 bits per heavy atom. The minimum Gasteiger partial charge on any atom is -0.445 e. The molecule has 0 spiro atoms. The van der Waals surface area contributed by atoms with Crippen LogP contribution in [0.2, 0.25) is 0 Å². The SMILES string of the molecule is O=C(N[C@H]1CC=CCCC1)OCc1ccccc1. The summed E-state index contributed by atoms with van der Waals surface area (Å²) >= 11 is 0. The summed E-state index contributed by atoms with van der Waals surface area (Å²) in [6.45, 7) is 0.329. The lowest BCUT2D eigenvalue weighted by Crippen LogP contribution is -2.34. The summed E-state index contributed by atoms with van der Waals surface area (Å²) in [5.41, 5.74) is 1.01. The summed E-state index contributed by atoms with van der Waals surface area (Å²) in [7, 11) is 0. The molecule has 1 aliphatic carbocycles. The van der Waals surface area contributed by atoms with E-state index >= 15 is 0 Å². The van der Waals surface area contributed by atoms with Gasteiger partial charge in [0.2, 0.25) is 0 Å². The molecule has 0 radical (unpaired) electrons. The minimum absolute atomic E-state index is 0.215. The molecule has 1 N–H and O–H groups in total. The maximum absolute atomic E-state index is 11.6. The van der Waals surface area contributed by atoms with E-state index in [2.05, 4.69) is 17.5 Å². The molecular weight excluding hydrogens is 226 g/mol. The predicted molar refractivity (Wildman–Crippen MR) is 71.2 cm³/mol. The minimum atomic E-state index is -0.320. The maximum Gasteiger partial charge on any atom is 0.407 e. The number of carbonyl (C=O) groups is 1. The smallest absolute Gasteiger partial charge is 0.407 e. The first-order valence-electron chi connectivity index (χ1n) is 6.47. The fourth-order valence-corrected chi connectivity index (χ4v) is 2.04. The highest BCUT2D eigenvalue weighted by molar-refractivity contribution is 5.67. The number of ether oxygens (including phenoxy) is 1. The largest absolute Gasteiger partial charge is 0.445 e. The number of hydrogen-bond donors (Lipinski definition) is 1. The number of hydrogen-bond acceptors (Lipinski definition) is 2. The number of rotatable bonds is 3. The van der Waals surface area contributed by atoms with Crippen molar-refractivity contribution in [2.75, 3.05) is 0 Å². The zero-order valence-corrected chi connectivity index (χ0v) is 10.5. The molecule has 0 fully saturated rings. The average Bonchev–Trinajstić information content (AvgIpc) is 2.66. The van der Waals surface area contributed by atoms with Crippen molar-refractivity contribution >= 4 is 6.09 Å². The van der Waals surface area contributed by atoms with Gasteiger partial charge in [0, 0.05) is 6.04 Å². The lowest BCUT2D eigenvalue weighted by Gasteiger charge is -2.15. The molecule has 1 amide bonds. The Bertz CT molecular complexity index is 400. The molecule has 1 atom stereocenters. The lowest BCUT2D eigenvalue weighted by atomic mass is 10.1. The molecule has 1 aromatic carbocycles. The maximum atomic E-state index is 11.6. The zero-order valence-electron chi connectivity index (χ0n) is 10.5. The van der Waals surface area contributed by atoms with Crippen molar-refractivity contribution in [2.45, 2.75) is 38.3 Å². The quantitative estimate of drug-likeness (QED) is 0.829. The van der Waals surface area contributed by atoms with Gasteiger partial charge in [0.25, 0.3) is 0 Å². The van der Waals surface area contributed by atoms with E-state index in [0.717, 1.165) is 31.2 Å². The van der Waals surface area contributed by atoms with Crippen LogP contribution in [-0.4, -0.2) is 12.1 Å². The van der Waals surface area contributed by atoms with Gasteiger partial charge in [0.15, 0.2) is 0 Å². The number of allylic oxidation sites excluding steroid dienone is 1. The highest BCUT2D eigenvalue weighted by Gasteiger charge is 2.12. The van der Waals surface area contributed by atoms with Gasteiger partial charge in [0.05, 0.1) is 0 Å². The Morgan fingerprint density at radius 1 is 1.28 bits per heavy atom. The van der Waals surface area contributed by atoms with Crippen molar-refractivity contribution < 1.29 is 9.53 Å². The molecule has 1 aliphatic rings. The van der Waals surface area contributed by atoms with Crippen LogP contribution in [0, 0.1) is 0 Å². The molecule has 3 nitrogen and oxygen atoms in total. The van der Waals surface area contributed by atoms with Crippen molar-refractivity contribution in [3.05, 3.63) is 48.0 Å². The van der Waals surface area contributed by atoms with E-state index in [4.69, 9.17) is 4.74 Å². The zero-order chi connectivity index (χ0) is 12.6. The molecule has 96 valence electrons. The van der Waals surface area contributed by atoms with Crippen LogP contribution in [0.4, 0.5) is 4.79 Å². The second-order valence-electron chi connectivity index (χ2n) is 4.54. The van der Waals surface area contributed by atoms with Gasteiger partial charge >= 0.3 is 6.09 Å². The van der Waals surface area contributed by atoms with E-state index in [9.17, 15) is 4.79 Å². The van der Waals surface area contributed by atoms with Gasteiger partial charge < -0.3 is 10.1 Å². The molecule has 0 aromatic heterocycles. The van der Waals surface area contributed by atoms with E-state index in [1.54, 1.807) is 0 Å². The van der Waals surface area contributed by atoms with Crippen LogP contribution in [0.15, 0.2) is 42.5 Å². The molecule has 0 saturated carbocycles. The fourth-order valence-electron chi connectivity index (χ4n) is 2.04. The normalized spacial score (nSPS) is 19.0. The fraction of sp³-hybridized carbons (Fsp3) is 0.400. The highest BCUT2D eigenvalue weighted by Crippen LogP contribution is 2.11. The molecule has 0 unspecified atom stereocenters. The van der Waals surface area contributed by atoms with Crippen molar-refractivity contribution in [1.82, 2.24) is 5.32 Å². The Morgan fingerprint density at radius 2 is 2.11 bits per heavy atom. The molecule has 3 heteroatoms. The standard InChI is InChI=1S/C15H19NO2/c17-15(16-14-10-6-1-2-7-11-14)18-12-13-8-4-3-5-9-13/h1,3-6,8-9,14H,2,7,10-12H2,(H,16,17)/t14-/m0/s1. The summed E-state index contributed by atoms with van der Waals surface area (Å²) < 4.78 is 5.20. The van der Waals surface area contributed by atoms with Crippen molar-refractivity contribution in [3.8, 4) is 0 Å². The number of carbonyl (C=O) groups excluding carboxylic acids is 1. The second-order valence-corrected chi connectivity index (χ2v) is 4.54. The lowest BCUT2D eigenvalue weighted by molar-refractivity contribution is 0.135. The number of alkyl carbamates (subject to hydrolysis) is 1. The Hall–Kier alpha value is -1.77. The van der Waals surface area contributed by atoms with Crippen molar-refractivity contribution in [1.29, 1.82) is 0 Å². The van der Waals surface area contributed by atoms with E-state index < -0.39 is 0 Å². The summed E-state index contributed by atoms with van der Waals surface area (Å²) in [6, 6.07) is 9.93. The highest BCUT2D eigenvalue weighted by atomic mass is 16.5. The van der Waals surface area contributed by atoms with Gasteiger partial charge in [-0.05, 0) is 31.2 Å². The monoisotopic (exact) mass is 245 g/mol. The number of amides is 1. The van der Waals surface area contributed by atoms with Crippen LogP contribution < -0.4 is 5.32 Å². The van der Waals surface area contributed by atoms with E-state index in [0.29, 0.717) is 6.61 Å². The first-order valence-corrected chi connectivity index (χ1v) is 6.47. The first kappa shape index (κ1) is 12.7. The summed E-state index contributed by atoms with van der Waals surface area (Å²) in [5, 5.41) is 2.92. The third-order valence-electron chi connectivity index (χ3n) is 3.05. The van der Waals surface area contributed by atoms with Gasteiger partial charge in [-0.25, -0.2) is 4.79 Å². The van der Waals surface area contributed by atoms with E-state index in [-0.39, 0.29) is 12.1 Å². The molecule has 0 heterocycles. The van der Waals surface area contributed by atoms with Crippen molar-refractivity contribution in [3.63, 3.8) is 0 Å². The van der Waals surface area contributed by atoms with E-state index in [1.807, 2.05) is 30.3 Å². The van der Waals surface area contributed by atoms with Crippen LogP contribution in [0.5, 0.6) is 0 Å². The number of benzene rings is 1. The molecular formula is C15H19NO2. The predicted octanol–water partition coefficient (Wildman–Crippen LogP) is 3.41. The molecule has 2 rings (SSSR count). The summed E-state index contributed by atoms with van der Waals surface area (Å²) in [5.74, 6) is 0. The third kappa shape index (κ3) is 4.24. The summed E-state index contributed by atoms with van der Waals surface area (Å²) in [4.78, 5) is 11.6. The van der Waals surface area contributed by atoms with Gasteiger partial charge in [-0.2, -0.15) is 0 Å². The van der Waals surface area contributed by atoms with Gasteiger partial charge in [0.1, 0.15) is 6.61 Å². The van der Waals surface area contributed by atoms with Gasteiger partial charge in [-0.15, -0.1) is 0 Å². The molecule has 0 saturated heterocycles. The van der Waals surface area contributed by atoms with Crippen LogP contribution in [-0.2, 0) is 11.3 Å². The van der Waals surface area contributed by atoms with Crippen LogP contribution in [0.25, 0.3) is 0 Å². The molecule has 1 aromatic rings. The van der Waals surface area contributed by atoms with Gasteiger partial charge in [-0.3, -0.25) is 0 Å². The average molecular weight is 245 g/mol.